The second kappa shape index (κ2) is 20.0. The van der Waals surface area contributed by atoms with Crippen molar-refractivity contribution in [3.05, 3.63) is 35.9 Å². The van der Waals surface area contributed by atoms with Gasteiger partial charge in [0.15, 0.2) is 0 Å². The van der Waals surface area contributed by atoms with Crippen LogP contribution in [0, 0.1) is 23.7 Å². The molecule has 0 radical (unpaired) electrons. The van der Waals surface area contributed by atoms with Gasteiger partial charge in [-0.25, -0.2) is 0 Å². The molecule has 53 heavy (non-hydrogen) atoms. The number of carbonyl (C=O) groups excluding carboxylic acids is 4. The number of piperidine rings is 1. The van der Waals surface area contributed by atoms with Gasteiger partial charge in [-0.3, -0.25) is 19.2 Å². The molecule has 2 bridgehead atoms. The number of hydrogen-bond donors (Lipinski definition) is 3. The quantitative estimate of drug-likeness (QED) is 0.185. The lowest BCUT2D eigenvalue weighted by atomic mass is 9.89. The summed E-state index contributed by atoms with van der Waals surface area (Å²) < 4.78 is 17.5. The van der Waals surface area contributed by atoms with E-state index in [2.05, 4.69) is 29.8 Å². The topological polar surface area (TPSA) is 139 Å². The zero-order valence-electron chi connectivity index (χ0n) is 33.6. The smallest absolute Gasteiger partial charge is 0.245 e. The Hall–Kier alpha value is -3.06. The van der Waals surface area contributed by atoms with Gasteiger partial charge in [0.05, 0.1) is 55.3 Å². The van der Waals surface area contributed by atoms with E-state index in [0.717, 1.165) is 37.7 Å². The highest BCUT2D eigenvalue weighted by Crippen LogP contribution is 2.35. The molecular weight excluding hydrogens is 674 g/mol. The molecule has 2 heterocycles. The Bertz CT molecular complexity index is 1350. The molecule has 0 spiro atoms. The zero-order chi connectivity index (χ0) is 38.8. The van der Waals surface area contributed by atoms with Gasteiger partial charge < -0.3 is 40.0 Å². The Kier molecular flexibility index (Phi) is 16.1. The van der Waals surface area contributed by atoms with Crippen LogP contribution in [0.3, 0.4) is 0 Å². The first kappa shape index (κ1) is 42.7. The Labute approximate surface area is 317 Å². The number of benzene rings is 1. The molecule has 1 saturated carbocycles. The van der Waals surface area contributed by atoms with Crippen molar-refractivity contribution >= 4 is 23.6 Å². The maximum atomic E-state index is 14.2. The largest absolute Gasteiger partial charge is 0.383 e. The standard InChI is InChI=1S/C41H67N5O7/c1-10-26(4)37(45(6)41(50)35(25(2)3)44-40(49)36-29-18-19-30(22-29)42-36)33(52-8)23-34(47)46-20-14-17-32(46)38(53-9)27(5)39(48)43-31(24-51-7)21-28-15-12-11-13-16-28/h11-13,15-16,25-27,29-33,35-38,42H,10,14,17-24H2,1-9H3,(H,43,48)(H,44,49)/t26-,27+,29-,30+,31-,32-,33+,35-,36-,37-,38+/m0/s1. The number of methoxy groups -OCH3 is 3. The van der Waals surface area contributed by atoms with Gasteiger partial charge in [0.1, 0.15) is 6.04 Å². The first-order chi connectivity index (χ1) is 25.3. The first-order valence-electron chi connectivity index (χ1n) is 19.9. The third-order valence-electron chi connectivity index (χ3n) is 12.2. The molecule has 1 aromatic rings. The summed E-state index contributed by atoms with van der Waals surface area (Å²) in [6.07, 6.45) is 5.02. The van der Waals surface area contributed by atoms with Crippen molar-refractivity contribution in [3.63, 3.8) is 0 Å². The molecule has 12 nitrogen and oxygen atoms in total. The Morgan fingerprint density at radius 3 is 2.26 bits per heavy atom. The minimum atomic E-state index is -0.706. The van der Waals surface area contributed by atoms with E-state index in [1.54, 1.807) is 33.3 Å². The molecule has 0 unspecified atom stereocenters. The van der Waals surface area contributed by atoms with Crippen molar-refractivity contribution in [3.8, 4) is 0 Å². The van der Waals surface area contributed by atoms with E-state index < -0.39 is 30.2 Å². The van der Waals surface area contributed by atoms with E-state index >= 15 is 0 Å². The number of ether oxygens (including phenoxy) is 3. The van der Waals surface area contributed by atoms with E-state index in [9.17, 15) is 19.2 Å². The van der Waals surface area contributed by atoms with E-state index in [4.69, 9.17) is 14.2 Å². The minimum Gasteiger partial charge on any atom is -0.383 e. The minimum absolute atomic E-state index is 0.0122. The number of fused-ring (bicyclic) bond motifs is 2. The molecule has 0 aromatic heterocycles. The molecule has 2 aliphatic heterocycles. The van der Waals surface area contributed by atoms with Gasteiger partial charge in [-0.15, -0.1) is 0 Å². The molecule has 4 amide bonds. The third kappa shape index (κ3) is 10.6. The fourth-order valence-electron chi connectivity index (χ4n) is 9.02. The lowest BCUT2D eigenvalue weighted by Crippen LogP contribution is -2.60. The average Bonchev–Trinajstić information content (AvgIpc) is 3.92. The normalized spacial score (nSPS) is 25.0. The van der Waals surface area contributed by atoms with Crippen LogP contribution in [0.4, 0.5) is 0 Å². The SMILES string of the molecule is CC[C@H](C)[C@@H]([C@@H](CC(=O)N1CCC[C@H]1[C@H](OC)[C@@H](C)C(=O)N[C@H](COC)Cc1ccccc1)OC)N(C)C(=O)[C@@H](NC(=O)[C@H]1N[C@@H]2CC[C@H]1C2)C(C)C. The van der Waals surface area contributed by atoms with Crippen molar-refractivity contribution in [2.45, 2.75) is 134 Å². The molecule has 1 aliphatic carbocycles. The highest BCUT2D eigenvalue weighted by atomic mass is 16.5. The molecule has 1 aromatic carbocycles. The zero-order valence-corrected chi connectivity index (χ0v) is 33.6. The monoisotopic (exact) mass is 742 g/mol. The van der Waals surface area contributed by atoms with Crippen LogP contribution in [-0.2, 0) is 39.8 Å². The number of amides is 4. The van der Waals surface area contributed by atoms with Gasteiger partial charge in [0.25, 0.3) is 0 Å². The van der Waals surface area contributed by atoms with Crippen molar-refractivity contribution < 1.29 is 33.4 Å². The van der Waals surface area contributed by atoms with Crippen molar-refractivity contribution in [1.82, 2.24) is 25.8 Å². The summed E-state index contributed by atoms with van der Waals surface area (Å²) in [7, 11) is 6.58. The maximum Gasteiger partial charge on any atom is 0.245 e. The predicted octanol–water partition coefficient (Wildman–Crippen LogP) is 3.56. The predicted molar refractivity (Wildman–Crippen MR) is 205 cm³/mol. The van der Waals surface area contributed by atoms with Crippen LogP contribution >= 0.6 is 0 Å². The summed E-state index contributed by atoms with van der Waals surface area (Å²) >= 11 is 0. The summed E-state index contributed by atoms with van der Waals surface area (Å²) in [6, 6.07) is 8.48. The summed E-state index contributed by atoms with van der Waals surface area (Å²) in [6.45, 7) is 10.8. The number of nitrogens with one attached hydrogen (secondary N) is 3. The van der Waals surface area contributed by atoms with Crippen LogP contribution in [0.1, 0.15) is 85.1 Å². The van der Waals surface area contributed by atoms with Gasteiger partial charge >= 0.3 is 0 Å². The first-order valence-corrected chi connectivity index (χ1v) is 19.9. The molecule has 2 saturated heterocycles. The fourth-order valence-corrected chi connectivity index (χ4v) is 9.02. The van der Waals surface area contributed by atoms with Gasteiger partial charge in [0, 0.05) is 41.0 Å². The van der Waals surface area contributed by atoms with Crippen LogP contribution in [0.2, 0.25) is 0 Å². The average molecular weight is 742 g/mol. The number of rotatable bonds is 20. The summed E-state index contributed by atoms with van der Waals surface area (Å²) in [5, 5.41) is 9.70. The molecule has 12 heteroatoms. The number of nitrogens with zero attached hydrogens (tertiary/aromatic N) is 2. The second-order valence-electron chi connectivity index (χ2n) is 16.1. The molecule has 3 aliphatic rings. The van der Waals surface area contributed by atoms with Crippen LogP contribution in [-0.4, -0.2) is 123 Å². The molecule has 298 valence electrons. The van der Waals surface area contributed by atoms with Crippen molar-refractivity contribution in [2.24, 2.45) is 23.7 Å². The molecular formula is C41H67N5O7. The number of likely N-dealkylation sites (tertiary alicyclic amines) is 1. The van der Waals surface area contributed by atoms with Crippen LogP contribution < -0.4 is 16.0 Å². The van der Waals surface area contributed by atoms with E-state index in [1.807, 2.05) is 56.0 Å². The Morgan fingerprint density at radius 2 is 1.70 bits per heavy atom. The lowest BCUT2D eigenvalue weighted by Gasteiger charge is -2.41. The molecule has 4 rings (SSSR count). The van der Waals surface area contributed by atoms with Gasteiger partial charge in [-0.2, -0.15) is 0 Å². The van der Waals surface area contributed by atoms with E-state index in [0.29, 0.717) is 38.0 Å². The van der Waals surface area contributed by atoms with Crippen molar-refractivity contribution in [2.75, 3.05) is 41.5 Å². The number of likely N-dealkylation sites (N-methyl/N-ethyl adjacent to an activating group) is 1. The van der Waals surface area contributed by atoms with Crippen LogP contribution in [0.15, 0.2) is 30.3 Å². The van der Waals surface area contributed by atoms with Crippen molar-refractivity contribution in [1.29, 1.82) is 0 Å². The Morgan fingerprint density at radius 1 is 0.981 bits per heavy atom. The second-order valence-corrected chi connectivity index (χ2v) is 16.1. The van der Waals surface area contributed by atoms with Crippen LogP contribution in [0.5, 0.6) is 0 Å². The highest BCUT2D eigenvalue weighted by molar-refractivity contribution is 5.90. The Balaban J connectivity index is 1.44. The van der Waals surface area contributed by atoms with E-state index in [1.165, 1.54) is 0 Å². The molecule has 3 fully saturated rings. The number of carbonyl (C=O) groups is 4. The summed E-state index contributed by atoms with van der Waals surface area (Å²) in [4.78, 5) is 59.1. The maximum absolute atomic E-state index is 14.2. The summed E-state index contributed by atoms with van der Waals surface area (Å²) in [5.74, 6) is -0.879. The van der Waals surface area contributed by atoms with Gasteiger partial charge in [0.2, 0.25) is 23.6 Å². The van der Waals surface area contributed by atoms with E-state index in [-0.39, 0.29) is 60.0 Å². The fraction of sp³-hybridized carbons (Fsp3) is 0.756. The van der Waals surface area contributed by atoms with Gasteiger partial charge in [-0.1, -0.05) is 71.4 Å². The third-order valence-corrected chi connectivity index (χ3v) is 12.2. The van der Waals surface area contributed by atoms with Crippen LogP contribution in [0.25, 0.3) is 0 Å². The highest BCUT2D eigenvalue weighted by Gasteiger charge is 2.45. The molecule has 11 atom stereocenters. The summed E-state index contributed by atoms with van der Waals surface area (Å²) in [5.41, 5.74) is 1.10. The van der Waals surface area contributed by atoms with Gasteiger partial charge in [-0.05, 0) is 61.8 Å². The molecule has 3 N–H and O–H groups in total. The number of hydrogen-bond acceptors (Lipinski definition) is 8. The lowest BCUT2D eigenvalue weighted by molar-refractivity contribution is -0.147.